The van der Waals surface area contributed by atoms with Crippen LogP contribution in [-0.2, 0) is 0 Å². The van der Waals surface area contributed by atoms with Gasteiger partial charge in [0.15, 0.2) is 17.2 Å². The Kier molecular flexibility index (Phi) is 3.25. The second-order valence-corrected chi connectivity index (χ2v) is 4.85. The van der Waals surface area contributed by atoms with Crippen LogP contribution in [0, 0.1) is 0 Å². The third-order valence-electron chi connectivity index (χ3n) is 3.48. The molecule has 1 aliphatic rings. The fourth-order valence-corrected chi connectivity index (χ4v) is 2.31. The van der Waals surface area contributed by atoms with Gasteiger partial charge in [-0.15, -0.1) is 5.10 Å². The van der Waals surface area contributed by atoms with E-state index >= 15 is 0 Å². The van der Waals surface area contributed by atoms with E-state index in [0.717, 1.165) is 12.8 Å². The van der Waals surface area contributed by atoms with Crippen molar-refractivity contribution >= 4 is 5.97 Å². The Morgan fingerprint density at radius 1 is 1.29 bits per heavy atom. The van der Waals surface area contributed by atoms with Crippen LogP contribution in [0.1, 0.15) is 34.9 Å². The molecule has 3 rings (SSSR count). The Balaban J connectivity index is 2.10. The topological polar surface area (TPSA) is 86.5 Å². The van der Waals surface area contributed by atoms with E-state index in [1.807, 2.05) is 0 Å². The van der Waals surface area contributed by atoms with Crippen molar-refractivity contribution in [3.05, 3.63) is 29.6 Å². The van der Waals surface area contributed by atoms with Crippen LogP contribution in [0.2, 0.25) is 0 Å². The molecule has 0 unspecified atom stereocenters. The van der Waals surface area contributed by atoms with E-state index in [0.29, 0.717) is 22.9 Å². The summed E-state index contributed by atoms with van der Waals surface area (Å²) in [5, 5.41) is 17.0. The quantitative estimate of drug-likeness (QED) is 0.904. The van der Waals surface area contributed by atoms with Gasteiger partial charge < -0.3 is 14.6 Å². The number of hydrogen-bond acceptors (Lipinski definition) is 5. The molecule has 0 bridgehead atoms. The fraction of sp³-hybridized carbons (Fsp3) is 0.357. The molecule has 1 N–H and O–H groups in total. The van der Waals surface area contributed by atoms with E-state index in [1.54, 1.807) is 37.1 Å². The summed E-state index contributed by atoms with van der Waals surface area (Å²) in [5.74, 6) is 0.319. The summed E-state index contributed by atoms with van der Waals surface area (Å²) in [7, 11) is 3.11. The van der Waals surface area contributed by atoms with Crippen LogP contribution in [0.15, 0.2) is 18.2 Å². The molecule has 0 aliphatic heterocycles. The zero-order valence-corrected chi connectivity index (χ0v) is 11.7. The highest BCUT2D eigenvalue weighted by Crippen LogP contribution is 2.42. The number of aromatic nitrogens is 3. The van der Waals surface area contributed by atoms with Crippen molar-refractivity contribution in [3.8, 4) is 17.2 Å². The Morgan fingerprint density at radius 3 is 2.57 bits per heavy atom. The van der Waals surface area contributed by atoms with Gasteiger partial charge in [-0.05, 0) is 25.0 Å². The molecule has 1 aromatic heterocycles. The van der Waals surface area contributed by atoms with Crippen LogP contribution >= 0.6 is 0 Å². The van der Waals surface area contributed by atoms with Crippen LogP contribution in [-0.4, -0.2) is 40.3 Å². The Bertz CT molecular complexity index is 692. The van der Waals surface area contributed by atoms with E-state index in [9.17, 15) is 9.90 Å². The first kappa shape index (κ1) is 13.4. The third-order valence-corrected chi connectivity index (χ3v) is 3.48. The monoisotopic (exact) mass is 289 g/mol. The number of carbonyl (C=O) groups is 1. The van der Waals surface area contributed by atoms with Crippen LogP contribution in [0.4, 0.5) is 0 Å². The number of aromatic carboxylic acids is 1. The van der Waals surface area contributed by atoms with Crippen LogP contribution in [0.3, 0.4) is 0 Å². The normalized spacial score (nSPS) is 14.0. The summed E-state index contributed by atoms with van der Waals surface area (Å²) < 4.78 is 12.0. The number of benzene rings is 1. The fourth-order valence-electron chi connectivity index (χ4n) is 2.31. The molecule has 0 saturated heterocycles. The predicted molar refractivity (Wildman–Crippen MR) is 73.4 cm³/mol. The number of ether oxygens (including phenoxy) is 2. The maximum atomic E-state index is 11.3. The lowest BCUT2D eigenvalue weighted by Gasteiger charge is -2.11. The summed E-state index contributed by atoms with van der Waals surface area (Å²) in [6.45, 7) is 0. The standard InChI is InChI=1S/C14H15N3O4/c1-20-10-6-5-9(7-11(10)21-2)17-13(8-3-4-8)12(14(18)19)15-16-17/h5-8H,3-4H2,1-2H3,(H,18,19). The molecule has 1 fully saturated rings. The van der Waals surface area contributed by atoms with Gasteiger partial charge in [0.05, 0.1) is 25.6 Å². The average molecular weight is 289 g/mol. The van der Waals surface area contributed by atoms with E-state index in [-0.39, 0.29) is 11.6 Å². The molecular formula is C14H15N3O4. The van der Waals surface area contributed by atoms with Gasteiger partial charge >= 0.3 is 5.97 Å². The number of hydrogen-bond donors (Lipinski definition) is 1. The number of carboxylic acid groups (broad SMARTS) is 1. The number of nitrogens with zero attached hydrogens (tertiary/aromatic N) is 3. The van der Waals surface area contributed by atoms with Crippen molar-refractivity contribution < 1.29 is 19.4 Å². The third kappa shape index (κ3) is 2.31. The summed E-state index contributed by atoms with van der Waals surface area (Å²) in [4.78, 5) is 11.3. The molecule has 0 atom stereocenters. The Hall–Kier alpha value is -2.57. The highest BCUT2D eigenvalue weighted by atomic mass is 16.5. The van der Waals surface area contributed by atoms with Gasteiger partial charge in [-0.25, -0.2) is 9.48 Å². The van der Waals surface area contributed by atoms with Gasteiger partial charge in [0, 0.05) is 12.0 Å². The first-order chi connectivity index (χ1) is 10.2. The van der Waals surface area contributed by atoms with Crippen LogP contribution in [0.5, 0.6) is 11.5 Å². The van der Waals surface area contributed by atoms with E-state index in [1.165, 1.54) is 0 Å². The molecule has 0 amide bonds. The van der Waals surface area contributed by atoms with Crippen molar-refractivity contribution in [1.29, 1.82) is 0 Å². The molecule has 2 aromatic rings. The Labute approximate surface area is 121 Å². The molecule has 0 spiro atoms. The molecule has 1 aliphatic carbocycles. The van der Waals surface area contributed by atoms with Crippen molar-refractivity contribution in [3.63, 3.8) is 0 Å². The second kappa shape index (κ2) is 5.08. The van der Waals surface area contributed by atoms with Crippen molar-refractivity contribution in [2.24, 2.45) is 0 Å². The highest BCUT2D eigenvalue weighted by molar-refractivity contribution is 5.87. The van der Waals surface area contributed by atoms with Crippen molar-refractivity contribution in [1.82, 2.24) is 15.0 Å². The molecular weight excluding hydrogens is 274 g/mol. The Morgan fingerprint density at radius 2 is 2.00 bits per heavy atom. The lowest BCUT2D eigenvalue weighted by Crippen LogP contribution is -2.06. The summed E-state index contributed by atoms with van der Waals surface area (Å²) in [5.41, 5.74) is 1.37. The summed E-state index contributed by atoms with van der Waals surface area (Å²) in [6, 6.07) is 5.31. The maximum Gasteiger partial charge on any atom is 0.358 e. The molecule has 1 aromatic carbocycles. The maximum absolute atomic E-state index is 11.3. The van der Waals surface area contributed by atoms with Gasteiger partial charge in [-0.1, -0.05) is 5.21 Å². The molecule has 110 valence electrons. The first-order valence-electron chi connectivity index (χ1n) is 6.57. The lowest BCUT2D eigenvalue weighted by molar-refractivity contribution is 0.0689. The van der Waals surface area contributed by atoms with Gasteiger partial charge in [0.1, 0.15) is 0 Å². The zero-order valence-electron chi connectivity index (χ0n) is 11.7. The largest absolute Gasteiger partial charge is 0.493 e. The van der Waals surface area contributed by atoms with Gasteiger partial charge in [-0.2, -0.15) is 0 Å². The molecule has 1 heterocycles. The molecule has 7 heteroatoms. The van der Waals surface area contributed by atoms with Gasteiger partial charge in [-0.3, -0.25) is 0 Å². The minimum absolute atomic E-state index is 0.0206. The van der Waals surface area contributed by atoms with E-state index in [4.69, 9.17) is 9.47 Å². The number of carboxylic acids is 1. The molecule has 0 radical (unpaired) electrons. The SMILES string of the molecule is COc1ccc(-n2nnc(C(=O)O)c2C2CC2)cc1OC. The zero-order chi connectivity index (χ0) is 15.0. The average Bonchev–Trinajstić information content (AvgIpc) is 3.24. The van der Waals surface area contributed by atoms with Crippen LogP contribution in [0.25, 0.3) is 5.69 Å². The smallest absolute Gasteiger partial charge is 0.358 e. The number of rotatable bonds is 5. The first-order valence-corrected chi connectivity index (χ1v) is 6.57. The van der Waals surface area contributed by atoms with Gasteiger partial charge in [0.25, 0.3) is 0 Å². The minimum atomic E-state index is -1.05. The van der Waals surface area contributed by atoms with Crippen molar-refractivity contribution in [2.75, 3.05) is 14.2 Å². The predicted octanol–water partition coefficient (Wildman–Crippen LogP) is 1.86. The molecule has 21 heavy (non-hydrogen) atoms. The van der Waals surface area contributed by atoms with Crippen LogP contribution < -0.4 is 9.47 Å². The molecule has 1 saturated carbocycles. The summed E-state index contributed by atoms with van der Waals surface area (Å²) in [6.07, 6.45) is 1.92. The van der Waals surface area contributed by atoms with Gasteiger partial charge in [0.2, 0.25) is 0 Å². The van der Waals surface area contributed by atoms with E-state index in [2.05, 4.69) is 10.3 Å². The highest BCUT2D eigenvalue weighted by Gasteiger charge is 2.34. The number of methoxy groups -OCH3 is 2. The summed E-state index contributed by atoms with van der Waals surface area (Å²) >= 11 is 0. The molecule has 7 nitrogen and oxygen atoms in total. The minimum Gasteiger partial charge on any atom is -0.493 e. The second-order valence-electron chi connectivity index (χ2n) is 4.85. The van der Waals surface area contributed by atoms with E-state index < -0.39 is 5.97 Å². The lowest BCUT2D eigenvalue weighted by atomic mass is 10.2. The van der Waals surface area contributed by atoms with Crippen molar-refractivity contribution in [2.45, 2.75) is 18.8 Å².